The average Bonchev–Trinajstić information content (AvgIpc) is 2.88. The summed E-state index contributed by atoms with van der Waals surface area (Å²) in [6.45, 7) is 8.91. The number of rotatable bonds is 5. The Morgan fingerprint density at radius 3 is 2.29 bits per heavy atom. The summed E-state index contributed by atoms with van der Waals surface area (Å²) >= 11 is 0. The Kier molecular flexibility index (Phi) is 6.34. The fourth-order valence-corrected chi connectivity index (χ4v) is 5.34. The van der Waals surface area contributed by atoms with Crippen LogP contribution in [0.1, 0.15) is 42.5 Å². The summed E-state index contributed by atoms with van der Waals surface area (Å²) < 4.78 is 5.51. The third-order valence-corrected chi connectivity index (χ3v) is 7.29. The van der Waals surface area contributed by atoms with Crippen molar-refractivity contribution in [3.63, 3.8) is 0 Å². The fourth-order valence-electron chi connectivity index (χ4n) is 5.34. The molecule has 0 bridgehead atoms. The second-order valence-corrected chi connectivity index (χ2v) is 9.59. The van der Waals surface area contributed by atoms with E-state index in [-0.39, 0.29) is 0 Å². The molecule has 3 aromatic carbocycles. The normalized spacial score (nSPS) is 16.6. The smallest absolute Gasteiger partial charge is 0.119 e. The van der Waals surface area contributed by atoms with E-state index in [0.717, 1.165) is 44.8 Å². The van der Waals surface area contributed by atoms with Crippen LogP contribution in [-0.4, -0.2) is 49.3 Å². The third-order valence-electron chi connectivity index (χ3n) is 7.29. The molecule has 0 radical (unpaired) electrons. The zero-order chi connectivity index (χ0) is 23.7. The molecule has 4 heteroatoms. The summed E-state index contributed by atoms with van der Waals surface area (Å²) in [5.74, 6) is 1.20. The maximum Gasteiger partial charge on any atom is 0.119 e. The molecule has 0 spiro atoms. The Labute approximate surface area is 203 Å². The molecule has 5 rings (SSSR count). The molecule has 1 fully saturated rings. The van der Waals surface area contributed by atoms with E-state index < -0.39 is 0 Å². The van der Waals surface area contributed by atoms with E-state index in [2.05, 4.69) is 72.2 Å². The van der Waals surface area contributed by atoms with Crippen LogP contribution in [0.2, 0.25) is 0 Å². The van der Waals surface area contributed by atoms with Gasteiger partial charge in [-0.25, -0.2) is 0 Å². The zero-order valence-corrected chi connectivity index (χ0v) is 20.4. The van der Waals surface area contributed by atoms with Crippen LogP contribution in [0.3, 0.4) is 0 Å². The minimum Gasteiger partial charge on any atom is -0.508 e. The predicted octanol–water partition coefficient (Wildman–Crippen LogP) is 5.84. The van der Waals surface area contributed by atoms with Crippen molar-refractivity contribution in [2.45, 2.75) is 32.7 Å². The highest BCUT2D eigenvalue weighted by Gasteiger charge is 2.23. The Balaban J connectivity index is 1.52. The standard InChI is InChI=1S/C30H34N2O2/c1-21(2)31-15-17-32(18-16-31)25-10-7-22(8-11-25)30-28(23-5-4-6-27(20-23)34-3)13-9-24-19-26(33)12-14-29(24)30/h4-8,10-12,14,19-21,33H,9,13,15-18H2,1-3H3. The van der Waals surface area contributed by atoms with Gasteiger partial charge in [-0.2, -0.15) is 0 Å². The van der Waals surface area contributed by atoms with E-state index in [9.17, 15) is 5.11 Å². The molecule has 0 aromatic heterocycles. The van der Waals surface area contributed by atoms with Crippen molar-refractivity contribution in [2.75, 3.05) is 38.2 Å². The van der Waals surface area contributed by atoms with Crippen molar-refractivity contribution in [1.82, 2.24) is 4.90 Å². The number of hydrogen-bond donors (Lipinski definition) is 1. The van der Waals surface area contributed by atoms with Crippen molar-refractivity contribution in [2.24, 2.45) is 0 Å². The largest absolute Gasteiger partial charge is 0.508 e. The van der Waals surface area contributed by atoms with Gasteiger partial charge in [-0.3, -0.25) is 4.90 Å². The Morgan fingerprint density at radius 2 is 1.59 bits per heavy atom. The minimum absolute atomic E-state index is 0.332. The number of anilines is 1. The Bertz CT molecular complexity index is 1190. The number of aryl methyl sites for hydroxylation is 1. The van der Waals surface area contributed by atoms with Gasteiger partial charge >= 0.3 is 0 Å². The third kappa shape index (κ3) is 4.43. The van der Waals surface area contributed by atoms with E-state index in [1.807, 2.05) is 12.1 Å². The van der Waals surface area contributed by atoms with Crippen molar-refractivity contribution in [3.05, 3.63) is 89.0 Å². The van der Waals surface area contributed by atoms with Crippen molar-refractivity contribution < 1.29 is 9.84 Å². The highest BCUT2D eigenvalue weighted by Crippen LogP contribution is 2.42. The van der Waals surface area contributed by atoms with Crippen LogP contribution in [0, 0.1) is 0 Å². The molecule has 3 aromatic rings. The van der Waals surface area contributed by atoms with Crippen LogP contribution in [0.4, 0.5) is 5.69 Å². The molecule has 1 saturated heterocycles. The van der Waals surface area contributed by atoms with Gasteiger partial charge in [0.2, 0.25) is 0 Å². The minimum atomic E-state index is 0.332. The number of hydrogen-bond acceptors (Lipinski definition) is 4. The van der Waals surface area contributed by atoms with Crippen LogP contribution >= 0.6 is 0 Å². The summed E-state index contributed by atoms with van der Waals surface area (Å²) in [6.07, 6.45) is 1.84. The number of methoxy groups -OCH3 is 1. The summed E-state index contributed by atoms with van der Waals surface area (Å²) in [7, 11) is 1.72. The summed E-state index contributed by atoms with van der Waals surface area (Å²) in [5.41, 5.74) is 8.70. The lowest BCUT2D eigenvalue weighted by molar-refractivity contribution is 0.209. The summed E-state index contributed by atoms with van der Waals surface area (Å²) in [5, 5.41) is 10.1. The molecule has 0 saturated carbocycles. The van der Waals surface area contributed by atoms with Gasteiger partial charge < -0.3 is 14.7 Å². The lowest BCUT2D eigenvalue weighted by Gasteiger charge is -2.38. The number of benzene rings is 3. The molecule has 0 unspecified atom stereocenters. The van der Waals surface area contributed by atoms with Crippen LogP contribution in [0.5, 0.6) is 11.5 Å². The number of nitrogens with zero attached hydrogens (tertiary/aromatic N) is 2. The van der Waals surface area contributed by atoms with Gasteiger partial charge in [0, 0.05) is 37.9 Å². The number of aromatic hydroxyl groups is 1. The van der Waals surface area contributed by atoms with Gasteiger partial charge in [0.25, 0.3) is 0 Å². The number of phenols is 1. The molecular formula is C30H34N2O2. The van der Waals surface area contributed by atoms with Gasteiger partial charge in [0.1, 0.15) is 11.5 Å². The van der Waals surface area contributed by atoms with Gasteiger partial charge in [0.15, 0.2) is 0 Å². The van der Waals surface area contributed by atoms with Gasteiger partial charge in [0.05, 0.1) is 7.11 Å². The average molecular weight is 455 g/mol. The molecule has 2 aliphatic rings. The van der Waals surface area contributed by atoms with E-state index in [1.165, 1.54) is 39.1 Å². The molecule has 34 heavy (non-hydrogen) atoms. The number of allylic oxidation sites excluding steroid dienone is 1. The van der Waals surface area contributed by atoms with Crippen LogP contribution in [-0.2, 0) is 6.42 Å². The molecule has 1 N–H and O–H groups in total. The van der Waals surface area contributed by atoms with Crippen molar-refractivity contribution in [3.8, 4) is 11.5 Å². The molecule has 1 aliphatic carbocycles. The first-order chi connectivity index (χ1) is 16.5. The maximum absolute atomic E-state index is 10.1. The van der Waals surface area contributed by atoms with Gasteiger partial charge in [-0.15, -0.1) is 0 Å². The SMILES string of the molecule is COc1cccc(C2=C(c3ccc(N4CCN(C(C)C)CC4)cc3)c3ccc(O)cc3CC2)c1. The molecular weight excluding hydrogens is 420 g/mol. The molecule has 4 nitrogen and oxygen atoms in total. The second kappa shape index (κ2) is 9.55. The first kappa shape index (κ1) is 22.5. The highest BCUT2D eigenvalue weighted by molar-refractivity contribution is 6.01. The molecule has 1 aliphatic heterocycles. The Morgan fingerprint density at radius 1 is 0.824 bits per heavy atom. The number of ether oxygens (including phenoxy) is 1. The van der Waals surface area contributed by atoms with E-state index >= 15 is 0 Å². The highest BCUT2D eigenvalue weighted by atomic mass is 16.5. The van der Waals surface area contributed by atoms with Gasteiger partial charge in [-0.1, -0.05) is 30.3 Å². The maximum atomic E-state index is 10.1. The lowest BCUT2D eigenvalue weighted by Crippen LogP contribution is -2.48. The fraction of sp³-hybridized carbons (Fsp3) is 0.333. The monoisotopic (exact) mass is 454 g/mol. The summed E-state index contributed by atoms with van der Waals surface area (Å²) in [4.78, 5) is 5.04. The topological polar surface area (TPSA) is 35.9 Å². The Hall–Kier alpha value is -3.24. The molecule has 176 valence electrons. The van der Waals surface area contributed by atoms with E-state index in [4.69, 9.17) is 4.74 Å². The van der Waals surface area contributed by atoms with Crippen molar-refractivity contribution in [1.29, 1.82) is 0 Å². The first-order valence-corrected chi connectivity index (χ1v) is 12.3. The number of fused-ring (bicyclic) bond motifs is 1. The van der Waals surface area contributed by atoms with Crippen LogP contribution < -0.4 is 9.64 Å². The van der Waals surface area contributed by atoms with Gasteiger partial charge in [-0.05, 0) is 96.5 Å². The van der Waals surface area contributed by atoms with E-state index in [1.54, 1.807) is 13.2 Å². The quantitative estimate of drug-likeness (QED) is 0.526. The van der Waals surface area contributed by atoms with Crippen molar-refractivity contribution >= 4 is 16.8 Å². The first-order valence-electron chi connectivity index (χ1n) is 12.3. The second-order valence-electron chi connectivity index (χ2n) is 9.59. The zero-order valence-electron chi connectivity index (χ0n) is 20.4. The van der Waals surface area contributed by atoms with Crippen LogP contribution in [0.15, 0.2) is 66.7 Å². The molecule has 0 amide bonds. The predicted molar refractivity (Wildman–Crippen MR) is 141 cm³/mol. The molecule has 0 atom stereocenters. The lowest BCUT2D eigenvalue weighted by atomic mass is 9.79. The number of phenolic OH excluding ortho intramolecular Hbond substituents is 1. The summed E-state index contributed by atoms with van der Waals surface area (Å²) in [6, 6.07) is 23.8. The van der Waals surface area contributed by atoms with Crippen LogP contribution in [0.25, 0.3) is 11.1 Å². The number of piperazine rings is 1. The molecule has 1 heterocycles. The van der Waals surface area contributed by atoms with E-state index in [0.29, 0.717) is 11.8 Å².